The van der Waals surface area contributed by atoms with Gasteiger partial charge >= 0.3 is 0 Å². The van der Waals surface area contributed by atoms with Gasteiger partial charge < -0.3 is 5.11 Å². The van der Waals surface area contributed by atoms with E-state index in [-0.39, 0.29) is 29.7 Å². The zero-order valence-corrected chi connectivity index (χ0v) is 12.6. The Morgan fingerprint density at radius 2 is 1.90 bits per heavy atom. The fourth-order valence-corrected chi connectivity index (χ4v) is 4.11. The van der Waals surface area contributed by atoms with E-state index in [1.54, 1.807) is 12.1 Å². The first-order chi connectivity index (χ1) is 9.52. The lowest BCUT2D eigenvalue weighted by Crippen LogP contribution is -2.41. The van der Waals surface area contributed by atoms with Gasteiger partial charge in [-0.25, -0.2) is 8.42 Å². The molecule has 0 fully saturated rings. The molecule has 20 heavy (non-hydrogen) atoms. The Kier molecular flexibility index (Phi) is 6.14. The molecule has 1 aromatic carbocycles. The SMILES string of the molecule is CCC(CC)N(CCO)S(=O)(=O)c1ccccc1C#N. The molecule has 0 bridgehead atoms. The number of benzene rings is 1. The van der Waals surface area contributed by atoms with Crippen LogP contribution in [-0.4, -0.2) is 37.0 Å². The minimum absolute atomic E-state index is 0.00264. The van der Waals surface area contributed by atoms with E-state index in [0.717, 1.165) is 0 Å². The summed E-state index contributed by atoms with van der Waals surface area (Å²) in [5, 5.41) is 18.2. The zero-order valence-electron chi connectivity index (χ0n) is 11.8. The summed E-state index contributed by atoms with van der Waals surface area (Å²) in [5.74, 6) is 0. The maximum absolute atomic E-state index is 12.7. The molecule has 0 aromatic heterocycles. The summed E-state index contributed by atoms with van der Waals surface area (Å²) in [7, 11) is -3.78. The molecular weight excluding hydrogens is 276 g/mol. The van der Waals surface area contributed by atoms with Gasteiger partial charge in [0.05, 0.1) is 17.1 Å². The lowest BCUT2D eigenvalue weighted by molar-refractivity contribution is 0.219. The molecule has 0 aliphatic rings. The number of rotatable bonds is 7. The van der Waals surface area contributed by atoms with E-state index in [1.165, 1.54) is 16.4 Å². The zero-order chi connectivity index (χ0) is 15.2. The lowest BCUT2D eigenvalue weighted by atomic mass is 10.2. The van der Waals surface area contributed by atoms with Crippen LogP contribution < -0.4 is 0 Å². The highest BCUT2D eigenvalue weighted by Gasteiger charge is 2.30. The number of aliphatic hydroxyl groups excluding tert-OH is 1. The molecule has 1 N–H and O–H groups in total. The van der Waals surface area contributed by atoms with Crippen LogP contribution in [0.15, 0.2) is 29.2 Å². The van der Waals surface area contributed by atoms with Crippen LogP contribution in [0.25, 0.3) is 0 Å². The van der Waals surface area contributed by atoms with Gasteiger partial charge in [-0.15, -0.1) is 0 Å². The Hall–Kier alpha value is -1.42. The Labute approximate surface area is 120 Å². The standard InChI is InChI=1S/C14H20N2O3S/c1-3-13(4-2)16(9-10-17)20(18,19)14-8-6-5-7-12(14)11-15/h5-8,13,17H,3-4,9-10H2,1-2H3. The summed E-state index contributed by atoms with van der Waals surface area (Å²) < 4.78 is 26.7. The summed E-state index contributed by atoms with van der Waals surface area (Å²) in [6, 6.07) is 7.86. The maximum Gasteiger partial charge on any atom is 0.244 e. The van der Waals surface area contributed by atoms with Crippen molar-refractivity contribution in [3.8, 4) is 6.07 Å². The van der Waals surface area contributed by atoms with Crippen molar-refractivity contribution in [1.82, 2.24) is 4.31 Å². The van der Waals surface area contributed by atoms with E-state index in [1.807, 2.05) is 19.9 Å². The van der Waals surface area contributed by atoms with Gasteiger partial charge in [0.15, 0.2) is 0 Å². The Bertz CT molecular complexity index is 574. The molecule has 1 aromatic rings. The van der Waals surface area contributed by atoms with Crippen molar-refractivity contribution in [2.45, 2.75) is 37.6 Å². The number of nitrogens with zero attached hydrogens (tertiary/aromatic N) is 2. The van der Waals surface area contributed by atoms with Crippen molar-refractivity contribution >= 4 is 10.0 Å². The highest BCUT2D eigenvalue weighted by atomic mass is 32.2. The van der Waals surface area contributed by atoms with E-state index >= 15 is 0 Å². The van der Waals surface area contributed by atoms with Crippen LogP contribution in [0.2, 0.25) is 0 Å². The van der Waals surface area contributed by atoms with E-state index in [2.05, 4.69) is 0 Å². The van der Waals surface area contributed by atoms with E-state index in [4.69, 9.17) is 10.4 Å². The fraction of sp³-hybridized carbons (Fsp3) is 0.500. The van der Waals surface area contributed by atoms with Gasteiger partial charge in [-0.3, -0.25) is 0 Å². The molecule has 0 radical (unpaired) electrons. The van der Waals surface area contributed by atoms with Crippen molar-refractivity contribution in [2.24, 2.45) is 0 Å². The Morgan fingerprint density at radius 1 is 1.30 bits per heavy atom. The topological polar surface area (TPSA) is 81.4 Å². The predicted molar refractivity (Wildman–Crippen MR) is 76.5 cm³/mol. The molecule has 0 saturated heterocycles. The second-order valence-electron chi connectivity index (χ2n) is 4.42. The smallest absolute Gasteiger partial charge is 0.244 e. The predicted octanol–water partition coefficient (Wildman–Crippen LogP) is 1.73. The van der Waals surface area contributed by atoms with Crippen LogP contribution in [0, 0.1) is 11.3 Å². The molecular formula is C14H20N2O3S. The van der Waals surface area contributed by atoms with Crippen LogP contribution in [0.4, 0.5) is 0 Å². The molecule has 5 nitrogen and oxygen atoms in total. The third-order valence-electron chi connectivity index (χ3n) is 3.26. The molecule has 0 unspecified atom stereocenters. The number of hydrogen-bond acceptors (Lipinski definition) is 4. The van der Waals surface area contributed by atoms with Crippen molar-refractivity contribution in [3.63, 3.8) is 0 Å². The minimum Gasteiger partial charge on any atom is -0.395 e. The molecule has 0 aliphatic carbocycles. The largest absolute Gasteiger partial charge is 0.395 e. The first-order valence-electron chi connectivity index (χ1n) is 6.64. The molecule has 0 aliphatic heterocycles. The molecule has 110 valence electrons. The maximum atomic E-state index is 12.7. The van der Waals surface area contributed by atoms with Crippen molar-refractivity contribution in [2.75, 3.05) is 13.2 Å². The van der Waals surface area contributed by atoms with Gasteiger partial charge in [-0.1, -0.05) is 26.0 Å². The average Bonchev–Trinajstić information content (AvgIpc) is 2.47. The summed E-state index contributed by atoms with van der Waals surface area (Å²) in [4.78, 5) is 0.00264. The minimum atomic E-state index is -3.78. The van der Waals surface area contributed by atoms with Crippen LogP contribution in [0.5, 0.6) is 0 Å². The second-order valence-corrected chi connectivity index (χ2v) is 6.28. The van der Waals surface area contributed by atoms with Gasteiger partial charge in [0, 0.05) is 12.6 Å². The van der Waals surface area contributed by atoms with E-state index < -0.39 is 10.0 Å². The van der Waals surface area contributed by atoms with Gasteiger partial charge in [0.2, 0.25) is 10.0 Å². The van der Waals surface area contributed by atoms with Crippen LogP contribution in [0.1, 0.15) is 32.3 Å². The quantitative estimate of drug-likeness (QED) is 0.830. The van der Waals surface area contributed by atoms with Crippen LogP contribution in [-0.2, 0) is 10.0 Å². The first kappa shape index (κ1) is 16.6. The monoisotopic (exact) mass is 296 g/mol. The number of hydrogen-bond donors (Lipinski definition) is 1. The van der Waals surface area contributed by atoms with Gasteiger partial charge in [-0.2, -0.15) is 9.57 Å². The Morgan fingerprint density at radius 3 is 2.40 bits per heavy atom. The first-order valence-corrected chi connectivity index (χ1v) is 8.08. The fourth-order valence-electron chi connectivity index (χ4n) is 2.20. The number of sulfonamides is 1. The molecule has 0 atom stereocenters. The van der Waals surface area contributed by atoms with Crippen molar-refractivity contribution in [1.29, 1.82) is 5.26 Å². The van der Waals surface area contributed by atoms with Gasteiger partial charge in [0.25, 0.3) is 0 Å². The van der Waals surface area contributed by atoms with Gasteiger partial charge in [-0.05, 0) is 25.0 Å². The Balaban J connectivity index is 3.33. The normalized spacial score (nSPS) is 11.8. The number of aliphatic hydroxyl groups is 1. The molecule has 1 rings (SSSR count). The molecule has 6 heteroatoms. The average molecular weight is 296 g/mol. The molecule has 0 spiro atoms. The molecule has 0 saturated carbocycles. The summed E-state index contributed by atoms with van der Waals surface area (Å²) in [6.07, 6.45) is 1.31. The summed E-state index contributed by atoms with van der Waals surface area (Å²) in [5.41, 5.74) is 0.126. The van der Waals surface area contributed by atoms with E-state index in [9.17, 15) is 8.42 Å². The highest BCUT2D eigenvalue weighted by molar-refractivity contribution is 7.89. The summed E-state index contributed by atoms with van der Waals surface area (Å²) in [6.45, 7) is 3.60. The molecule has 0 heterocycles. The van der Waals surface area contributed by atoms with Crippen LogP contribution >= 0.6 is 0 Å². The molecule has 0 amide bonds. The van der Waals surface area contributed by atoms with Crippen molar-refractivity contribution < 1.29 is 13.5 Å². The van der Waals surface area contributed by atoms with Crippen molar-refractivity contribution in [3.05, 3.63) is 29.8 Å². The third kappa shape index (κ3) is 3.37. The van der Waals surface area contributed by atoms with E-state index in [0.29, 0.717) is 12.8 Å². The highest BCUT2D eigenvalue weighted by Crippen LogP contribution is 2.23. The third-order valence-corrected chi connectivity index (χ3v) is 5.27. The lowest BCUT2D eigenvalue weighted by Gasteiger charge is -2.29. The second kappa shape index (κ2) is 7.39. The number of nitriles is 1. The van der Waals surface area contributed by atoms with Gasteiger partial charge in [0.1, 0.15) is 6.07 Å². The van der Waals surface area contributed by atoms with Crippen LogP contribution in [0.3, 0.4) is 0 Å². The summed E-state index contributed by atoms with van der Waals surface area (Å²) >= 11 is 0.